The lowest BCUT2D eigenvalue weighted by molar-refractivity contribution is 0.0792. The lowest BCUT2D eigenvalue weighted by Crippen LogP contribution is -2.27. The number of nitrogens with one attached hydrogen (secondary N) is 1. The topological polar surface area (TPSA) is 58.6 Å². The summed E-state index contributed by atoms with van der Waals surface area (Å²) in [6.45, 7) is 4.46. The SMILES string of the molecule is CCCCOc1ccc(C(=O)Nc2ccc(C(=O)N3CCCC3)cc2)cc1. The number of likely N-dealkylation sites (tertiary alicyclic amines) is 1. The molecule has 1 saturated heterocycles. The average Bonchev–Trinajstić information content (AvgIpc) is 3.23. The van der Waals surface area contributed by atoms with Crippen molar-refractivity contribution >= 4 is 17.5 Å². The molecule has 1 fully saturated rings. The third-order valence-corrected chi connectivity index (χ3v) is 4.67. The summed E-state index contributed by atoms with van der Waals surface area (Å²) in [5.41, 5.74) is 1.89. The summed E-state index contributed by atoms with van der Waals surface area (Å²) in [6, 6.07) is 14.2. The Hall–Kier alpha value is -2.82. The summed E-state index contributed by atoms with van der Waals surface area (Å²) >= 11 is 0. The lowest BCUT2D eigenvalue weighted by Gasteiger charge is -2.15. The van der Waals surface area contributed by atoms with Gasteiger partial charge >= 0.3 is 0 Å². The molecule has 1 aliphatic heterocycles. The maximum absolute atomic E-state index is 12.4. The van der Waals surface area contributed by atoms with Crippen LogP contribution in [-0.2, 0) is 0 Å². The number of amides is 2. The van der Waals surface area contributed by atoms with Crippen LogP contribution >= 0.6 is 0 Å². The van der Waals surface area contributed by atoms with Crippen LogP contribution in [0.15, 0.2) is 48.5 Å². The van der Waals surface area contributed by atoms with Crippen LogP contribution in [0.1, 0.15) is 53.3 Å². The van der Waals surface area contributed by atoms with E-state index in [0.717, 1.165) is 44.5 Å². The molecule has 0 aromatic heterocycles. The first kappa shape index (κ1) is 19.0. The molecule has 0 bridgehead atoms. The summed E-state index contributed by atoms with van der Waals surface area (Å²) in [5.74, 6) is 0.641. The molecule has 27 heavy (non-hydrogen) atoms. The number of hydrogen-bond donors (Lipinski definition) is 1. The van der Waals surface area contributed by atoms with Gasteiger partial charge in [0.25, 0.3) is 11.8 Å². The standard InChI is InChI=1S/C22H26N2O3/c1-2-3-16-27-20-12-8-17(9-13-20)21(25)23-19-10-6-18(7-11-19)22(26)24-14-4-5-15-24/h6-13H,2-5,14-16H2,1H3,(H,23,25). The normalized spacial score (nSPS) is 13.4. The first-order valence-electron chi connectivity index (χ1n) is 9.61. The Bertz CT molecular complexity index is 763. The van der Waals surface area contributed by atoms with Gasteiger partial charge in [0.1, 0.15) is 5.75 Å². The Morgan fingerprint density at radius 2 is 1.59 bits per heavy atom. The van der Waals surface area contributed by atoms with Crippen molar-refractivity contribution in [3.63, 3.8) is 0 Å². The molecule has 0 unspecified atom stereocenters. The number of nitrogens with zero attached hydrogens (tertiary/aromatic N) is 1. The summed E-state index contributed by atoms with van der Waals surface area (Å²) in [4.78, 5) is 26.6. The molecule has 0 saturated carbocycles. The molecular formula is C22H26N2O3. The number of hydrogen-bond acceptors (Lipinski definition) is 3. The van der Waals surface area contributed by atoms with Crippen LogP contribution in [0.3, 0.4) is 0 Å². The minimum atomic E-state index is -0.186. The zero-order valence-electron chi connectivity index (χ0n) is 15.7. The van der Waals surface area contributed by atoms with Gasteiger partial charge in [-0.15, -0.1) is 0 Å². The quantitative estimate of drug-likeness (QED) is 0.741. The minimum Gasteiger partial charge on any atom is -0.494 e. The Morgan fingerprint density at radius 1 is 0.963 bits per heavy atom. The fourth-order valence-electron chi connectivity index (χ4n) is 3.04. The van der Waals surface area contributed by atoms with Gasteiger partial charge in [-0.3, -0.25) is 9.59 Å². The summed E-state index contributed by atoms with van der Waals surface area (Å²) < 4.78 is 5.61. The van der Waals surface area contributed by atoms with Crippen LogP contribution in [0.2, 0.25) is 0 Å². The minimum absolute atomic E-state index is 0.0593. The molecule has 0 radical (unpaired) electrons. The van der Waals surface area contributed by atoms with E-state index in [-0.39, 0.29) is 11.8 Å². The molecule has 1 aliphatic rings. The van der Waals surface area contributed by atoms with Gasteiger partial charge in [-0.1, -0.05) is 13.3 Å². The Labute approximate surface area is 160 Å². The third-order valence-electron chi connectivity index (χ3n) is 4.67. The molecule has 5 nitrogen and oxygen atoms in total. The number of unbranched alkanes of at least 4 members (excludes halogenated alkanes) is 1. The van der Waals surface area contributed by atoms with Gasteiger partial charge in [0.15, 0.2) is 0 Å². The fourth-order valence-corrected chi connectivity index (χ4v) is 3.04. The van der Waals surface area contributed by atoms with Crippen molar-refractivity contribution in [1.82, 2.24) is 4.90 Å². The van der Waals surface area contributed by atoms with Crippen LogP contribution in [0.5, 0.6) is 5.75 Å². The average molecular weight is 366 g/mol. The van der Waals surface area contributed by atoms with Crippen molar-refractivity contribution in [2.24, 2.45) is 0 Å². The Balaban J connectivity index is 1.56. The number of benzene rings is 2. The van der Waals surface area contributed by atoms with Gasteiger partial charge < -0.3 is 15.0 Å². The first-order chi connectivity index (χ1) is 13.2. The molecule has 0 spiro atoms. The number of rotatable bonds is 7. The molecule has 0 atom stereocenters. The Kier molecular flexibility index (Phi) is 6.47. The highest BCUT2D eigenvalue weighted by Crippen LogP contribution is 2.17. The van der Waals surface area contributed by atoms with Crippen molar-refractivity contribution in [1.29, 1.82) is 0 Å². The third kappa shape index (κ3) is 5.09. The molecule has 142 valence electrons. The smallest absolute Gasteiger partial charge is 0.255 e. The highest BCUT2D eigenvalue weighted by atomic mass is 16.5. The Morgan fingerprint density at radius 3 is 2.22 bits per heavy atom. The van der Waals surface area contributed by atoms with Gasteiger partial charge in [0.05, 0.1) is 6.61 Å². The van der Waals surface area contributed by atoms with E-state index in [4.69, 9.17) is 4.74 Å². The molecule has 2 aromatic carbocycles. The highest BCUT2D eigenvalue weighted by molar-refractivity contribution is 6.04. The van der Waals surface area contributed by atoms with Gasteiger partial charge in [0.2, 0.25) is 0 Å². The van der Waals surface area contributed by atoms with Gasteiger partial charge in [-0.2, -0.15) is 0 Å². The molecule has 2 aromatic rings. The lowest BCUT2D eigenvalue weighted by atomic mass is 10.1. The molecule has 2 amide bonds. The second kappa shape index (κ2) is 9.21. The van der Waals surface area contributed by atoms with E-state index in [1.807, 2.05) is 17.0 Å². The number of ether oxygens (including phenoxy) is 1. The first-order valence-corrected chi connectivity index (χ1v) is 9.61. The highest BCUT2D eigenvalue weighted by Gasteiger charge is 2.19. The second-order valence-corrected chi connectivity index (χ2v) is 6.76. The predicted octanol–water partition coefficient (Wildman–Crippen LogP) is 4.35. The molecule has 0 aliphatic carbocycles. The van der Waals surface area contributed by atoms with Gasteiger partial charge in [-0.25, -0.2) is 0 Å². The molecule has 5 heteroatoms. The van der Waals surface area contributed by atoms with E-state index in [2.05, 4.69) is 12.2 Å². The van der Waals surface area contributed by atoms with Crippen LogP contribution in [-0.4, -0.2) is 36.4 Å². The summed E-state index contributed by atoms with van der Waals surface area (Å²) in [7, 11) is 0. The van der Waals surface area contributed by atoms with Crippen LogP contribution < -0.4 is 10.1 Å². The largest absolute Gasteiger partial charge is 0.494 e. The number of carbonyl (C=O) groups excluding carboxylic acids is 2. The zero-order chi connectivity index (χ0) is 19.1. The monoisotopic (exact) mass is 366 g/mol. The molecule has 3 rings (SSSR count). The van der Waals surface area contributed by atoms with Gasteiger partial charge in [0, 0.05) is 29.9 Å². The maximum atomic E-state index is 12.4. The van der Waals surface area contributed by atoms with E-state index >= 15 is 0 Å². The van der Waals surface area contributed by atoms with E-state index in [1.54, 1.807) is 36.4 Å². The second-order valence-electron chi connectivity index (χ2n) is 6.76. The summed E-state index contributed by atoms with van der Waals surface area (Å²) in [6.07, 6.45) is 4.24. The fraction of sp³-hybridized carbons (Fsp3) is 0.364. The maximum Gasteiger partial charge on any atom is 0.255 e. The van der Waals surface area contributed by atoms with Crippen LogP contribution in [0, 0.1) is 0 Å². The zero-order valence-corrected chi connectivity index (χ0v) is 15.7. The molecular weight excluding hydrogens is 340 g/mol. The van der Waals surface area contributed by atoms with Crippen molar-refractivity contribution in [2.45, 2.75) is 32.6 Å². The van der Waals surface area contributed by atoms with E-state index in [0.29, 0.717) is 23.4 Å². The van der Waals surface area contributed by atoms with E-state index in [9.17, 15) is 9.59 Å². The summed E-state index contributed by atoms with van der Waals surface area (Å²) in [5, 5.41) is 2.86. The van der Waals surface area contributed by atoms with Gasteiger partial charge in [-0.05, 0) is 67.8 Å². The molecule has 1 N–H and O–H groups in total. The van der Waals surface area contributed by atoms with E-state index < -0.39 is 0 Å². The van der Waals surface area contributed by atoms with Crippen molar-refractivity contribution in [2.75, 3.05) is 25.0 Å². The van der Waals surface area contributed by atoms with Crippen molar-refractivity contribution in [3.05, 3.63) is 59.7 Å². The van der Waals surface area contributed by atoms with E-state index in [1.165, 1.54) is 0 Å². The van der Waals surface area contributed by atoms with Crippen molar-refractivity contribution < 1.29 is 14.3 Å². The number of anilines is 1. The van der Waals surface area contributed by atoms with Crippen LogP contribution in [0.25, 0.3) is 0 Å². The van der Waals surface area contributed by atoms with Crippen LogP contribution in [0.4, 0.5) is 5.69 Å². The molecule has 1 heterocycles. The number of carbonyl (C=O) groups is 2. The van der Waals surface area contributed by atoms with Crippen molar-refractivity contribution in [3.8, 4) is 5.75 Å². The predicted molar refractivity (Wildman–Crippen MR) is 106 cm³/mol.